The SMILES string of the molecule is Cc1ccc(OC(F)F)c(C(=O)COC(=O)c2c[nH]c3ccccc23)c1. The van der Waals surface area contributed by atoms with Gasteiger partial charge < -0.3 is 14.5 Å². The van der Waals surface area contributed by atoms with Crippen molar-refractivity contribution in [3.05, 3.63) is 65.4 Å². The molecule has 0 bridgehead atoms. The second kappa shape index (κ2) is 7.35. The van der Waals surface area contributed by atoms with E-state index in [4.69, 9.17) is 4.74 Å². The number of para-hydroxylation sites is 1. The first-order chi connectivity index (χ1) is 12.5. The number of fused-ring (bicyclic) bond motifs is 1. The minimum absolute atomic E-state index is 0.0583. The molecule has 0 aliphatic carbocycles. The molecule has 7 heteroatoms. The summed E-state index contributed by atoms with van der Waals surface area (Å²) in [5.74, 6) is -1.56. The lowest BCUT2D eigenvalue weighted by Gasteiger charge is -2.11. The normalized spacial score (nSPS) is 10.9. The summed E-state index contributed by atoms with van der Waals surface area (Å²) in [6, 6.07) is 11.4. The van der Waals surface area contributed by atoms with Crippen LogP contribution in [-0.2, 0) is 4.74 Å². The summed E-state index contributed by atoms with van der Waals surface area (Å²) in [6.07, 6.45) is 1.50. The van der Waals surface area contributed by atoms with Crippen molar-refractivity contribution in [1.29, 1.82) is 0 Å². The number of H-pyrrole nitrogens is 1. The first kappa shape index (κ1) is 17.6. The Balaban J connectivity index is 1.74. The third kappa shape index (κ3) is 3.72. The van der Waals surface area contributed by atoms with Crippen LogP contribution in [0.5, 0.6) is 5.75 Å². The van der Waals surface area contributed by atoms with E-state index in [1.165, 1.54) is 18.3 Å². The number of benzene rings is 2. The first-order valence-electron chi connectivity index (χ1n) is 7.77. The smallest absolute Gasteiger partial charge is 0.387 e. The van der Waals surface area contributed by atoms with Crippen molar-refractivity contribution >= 4 is 22.7 Å². The Morgan fingerprint density at radius 2 is 1.88 bits per heavy atom. The van der Waals surface area contributed by atoms with E-state index < -0.39 is 25.0 Å². The van der Waals surface area contributed by atoms with Gasteiger partial charge in [-0.2, -0.15) is 8.78 Å². The third-order valence-corrected chi connectivity index (χ3v) is 3.80. The zero-order valence-electron chi connectivity index (χ0n) is 13.8. The van der Waals surface area contributed by atoms with Crippen molar-refractivity contribution < 1.29 is 27.8 Å². The molecule has 0 radical (unpaired) electrons. The van der Waals surface area contributed by atoms with Crippen LogP contribution in [0.2, 0.25) is 0 Å². The fraction of sp³-hybridized carbons (Fsp3) is 0.158. The molecule has 1 N–H and O–H groups in total. The largest absolute Gasteiger partial charge is 0.454 e. The Kier molecular flexibility index (Phi) is 4.97. The molecule has 0 atom stereocenters. The van der Waals surface area contributed by atoms with Gasteiger partial charge >= 0.3 is 12.6 Å². The van der Waals surface area contributed by atoms with E-state index in [1.54, 1.807) is 31.2 Å². The highest BCUT2D eigenvalue weighted by atomic mass is 19.3. The van der Waals surface area contributed by atoms with E-state index >= 15 is 0 Å². The maximum atomic E-state index is 12.5. The number of carbonyl (C=O) groups excluding carboxylic acids is 2. The molecule has 0 saturated heterocycles. The summed E-state index contributed by atoms with van der Waals surface area (Å²) in [7, 11) is 0. The van der Waals surface area contributed by atoms with Crippen LogP contribution in [0.15, 0.2) is 48.7 Å². The zero-order valence-corrected chi connectivity index (χ0v) is 13.8. The Labute approximate surface area is 147 Å². The monoisotopic (exact) mass is 359 g/mol. The molecular formula is C19H15F2NO4. The molecule has 0 unspecified atom stereocenters. The number of alkyl halides is 2. The Morgan fingerprint density at radius 3 is 2.65 bits per heavy atom. The van der Waals surface area contributed by atoms with E-state index in [0.717, 1.165) is 5.52 Å². The lowest BCUT2D eigenvalue weighted by atomic mass is 10.1. The van der Waals surface area contributed by atoms with Crippen LogP contribution in [0.1, 0.15) is 26.3 Å². The van der Waals surface area contributed by atoms with E-state index in [-0.39, 0.29) is 11.3 Å². The van der Waals surface area contributed by atoms with Gasteiger partial charge in [0.15, 0.2) is 6.61 Å². The third-order valence-electron chi connectivity index (χ3n) is 3.80. The van der Waals surface area contributed by atoms with Crippen molar-refractivity contribution in [2.75, 3.05) is 6.61 Å². The van der Waals surface area contributed by atoms with Crippen LogP contribution in [0.25, 0.3) is 10.9 Å². The molecule has 1 heterocycles. The Bertz CT molecular complexity index is 965. The highest BCUT2D eigenvalue weighted by Gasteiger charge is 2.19. The number of Topliss-reactive ketones (excluding diaryl/α,β-unsaturated/α-hetero) is 1. The number of carbonyl (C=O) groups is 2. The van der Waals surface area contributed by atoms with Gasteiger partial charge in [0.25, 0.3) is 0 Å². The summed E-state index contributed by atoms with van der Waals surface area (Å²) in [5, 5.41) is 0.669. The predicted molar refractivity (Wildman–Crippen MR) is 90.7 cm³/mol. The van der Waals surface area contributed by atoms with Crippen molar-refractivity contribution in [3.63, 3.8) is 0 Å². The maximum Gasteiger partial charge on any atom is 0.387 e. The average molecular weight is 359 g/mol. The highest BCUT2D eigenvalue weighted by Crippen LogP contribution is 2.23. The molecule has 2 aromatic carbocycles. The van der Waals surface area contributed by atoms with Gasteiger partial charge in [0, 0.05) is 17.1 Å². The quantitative estimate of drug-likeness (QED) is 0.531. The molecule has 0 amide bonds. The fourth-order valence-corrected chi connectivity index (χ4v) is 2.59. The Morgan fingerprint density at radius 1 is 1.12 bits per heavy atom. The van der Waals surface area contributed by atoms with Crippen LogP contribution in [0.3, 0.4) is 0 Å². The van der Waals surface area contributed by atoms with Crippen molar-refractivity contribution in [3.8, 4) is 5.75 Å². The highest BCUT2D eigenvalue weighted by molar-refractivity contribution is 6.06. The fourth-order valence-electron chi connectivity index (χ4n) is 2.59. The molecule has 26 heavy (non-hydrogen) atoms. The van der Waals surface area contributed by atoms with Gasteiger partial charge in [-0.25, -0.2) is 4.79 Å². The number of esters is 1. The molecule has 5 nitrogen and oxygen atoms in total. The summed E-state index contributed by atoms with van der Waals surface area (Å²) >= 11 is 0. The summed E-state index contributed by atoms with van der Waals surface area (Å²) in [5.41, 5.74) is 1.69. The van der Waals surface area contributed by atoms with Crippen LogP contribution in [-0.4, -0.2) is 30.0 Å². The van der Waals surface area contributed by atoms with Gasteiger partial charge in [0.1, 0.15) is 5.75 Å². The molecular weight excluding hydrogens is 344 g/mol. The lowest BCUT2D eigenvalue weighted by Crippen LogP contribution is -2.16. The summed E-state index contributed by atoms with van der Waals surface area (Å²) in [6.45, 7) is -1.93. The summed E-state index contributed by atoms with van der Waals surface area (Å²) in [4.78, 5) is 27.5. The van der Waals surface area contributed by atoms with E-state index in [2.05, 4.69) is 9.72 Å². The van der Waals surface area contributed by atoms with Gasteiger partial charge in [-0.1, -0.05) is 29.8 Å². The Hall–Kier alpha value is -3.22. The van der Waals surface area contributed by atoms with Crippen LogP contribution < -0.4 is 4.74 Å². The molecule has 0 aliphatic heterocycles. The van der Waals surface area contributed by atoms with Gasteiger partial charge in [-0.3, -0.25) is 4.79 Å². The number of aromatic amines is 1. The second-order valence-corrected chi connectivity index (χ2v) is 5.63. The van der Waals surface area contributed by atoms with E-state index in [9.17, 15) is 18.4 Å². The number of ether oxygens (including phenoxy) is 2. The molecule has 0 fully saturated rings. The van der Waals surface area contributed by atoms with Crippen LogP contribution in [0, 0.1) is 6.92 Å². The maximum absolute atomic E-state index is 12.5. The minimum atomic E-state index is -3.06. The van der Waals surface area contributed by atoms with Gasteiger partial charge in [0.05, 0.1) is 11.1 Å². The van der Waals surface area contributed by atoms with Gasteiger partial charge in [-0.15, -0.1) is 0 Å². The average Bonchev–Trinajstić information content (AvgIpc) is 3.04. The van der Waals surface area contributed by atoms with Crippen LogP contribution in [0.4, 0.5) is 8.78 Å². The minimum Gasteiger partial charge on any atom is -0.454 e. The summed E-state index contributed by atoms with van der Waals surface area (Å²) < 4.78 is 34.4. The van der Waals surface area contributed by atoms with Gasteiger partial charge in [-0.05, 0) is 25.1 Å². The molecule has 0 aliphatic rings. The number of aryl methyl sites for hydroxylation is 1. The molecule has 0 saturated carbocycles. The molecule has 3 rings (SSSR count). The number of ketones is 1. The number of nitrogens with one attached hydrogen (secondary N) is 1. The van der Waals surface area contributed by atoms with E-state index in [0.29, 0.717) is 16.5 Å². The number of rotatable bonds is 6. The van der Waals surface area contributed by atoms with Crippen LogP contribution >= 0.6 is 0 Å². The number of aromatic nitrogens is 1. The zero-order chi connectivity index (χ0) is 18.7. The lowest BCUT2D eigenvalue weighted by molar-refractivity contribution is -0.0502. The first-order valence-corrected chi connectivity index (χ1v) is 7.77. The predicted octanol–water partition coefficient (Wildman–Crippen LogP) is 4.12. The van der Waals surface area contributed by atoms with E-state index in [1.807, 2.05) is 6.07 Å². The number of hydrogen-bond donors (Lipinski definition) is 1. The molecule has 3 aromatic rings. The van der Waals surface area contributed by atoms with Crippen molar-refractivity contribution in [1.82, 2.24) is 4.98 Å². The van der Waals surface area contributed by atoms with Crippen molar-refractivity contribution in [2.45, 2.75) is 13.5 Å². The van der Waals surface area contributed by atoms with Crippen molar-refractivity contribution in [2.24, 2.45) is 0 Å². The molecule has 1 aromatic heterocycles. The second-order valence-electron chi connectivity index (χ2n) is 5.63. The topological polar surface area (TPSA) is 68.4 Å². The number of hydrogen-bond acceptors (Lipinski definition) is 4. The molecule has 0 spiro atoms. The standard InChI is InChI=1S/C19H15F2NO4/c1-11-6-7-17(26-19(20)21)13(8-11)16(23)10-25-18(24)14-9-22-15-5-3-2-4-12(14)15/h2-9,19,22H,10H2,1H3. The number of halogens is 2. The molecule has 134 valence electrons. The van der Waals surface area contributed by atoms with Gasteiger partial charge in [0.2, 0.25) is 5.78 Å².